The van der Waals surface area contributed by atoms with Crippen molar-refractivity contribution in [2.24, 2.45) is 0 Å². The number of fused-ring (bicyclic) bond motifs is 1. The van der Waals surface area contributed by atoms with Gasteiger partial charge in [-0.1, -0.05) is 25.1 Å². The van der Waals surface area contributed by atoms with Crippen LogP contribution in [-0.4, -0.2) is 18.3 Å². The van der Waals surface area contributed by atoms with E-state index < -0.39 is 0 Å². The molecule has 1 heterocycles. The van der Waals surface area contributed by atoms with Gasteiger partial charge in [0.15, 0.2) is 0 Å². The highest BCUT2D eigenvalue weighted by molar-refractivity contribution is 5.45. The molecule has 1 N–H and O–H groups in total. The van der Waals surface area contributed by atoms with Gasteiger partial charge >= 0.3 is 0 Å². The molecule has 0 amide bonds. The zero-order valence-electron chi connectivity index (χ0n) is 7.79. The molecular formula is C11H14O2. The summed E-state index contributed by atoms with van der Waals surface area (Å²) in [5, 5.41) is 9.06. The summed E-state index contributed by atoms with van der Waals surface area (Å²) in [6.07, 6.45) is 1.00. The minimum absolute atomic E-state index is 0.174. The van der Waals surface area contributed by atoms with Gasteiger partial charge in [-0.3, -0.25) is 0 Å². The van der Waals surface area contributed by atoms with Gasteiger partial charge in [0, 0.05) is 18.9 Å². The van der Waals surface area contributed by atoms with Crippen LogP contribution < -0.4 is 4.74 Å². The Morgan fingerprint density at radius 3 is 3.15 bits per heavy atom. The molecule has 0 bridgehead atoms. The van der Waals surface area contributed by atoms with Gasteiger partial charge in [0.2, 0.25) is 0 Å². The second-order valence-corrected chi connectivity index (χ2v) is 3.52. The molecule has 0 saturated heterocycles. The molecular weight excluding hydrogens is 164 g/mol. The Hall–Kier alpha value is -1.02. The van der Waals surface area contributed by atoms with Crippen molar-refractivity contribution in [3.8, 4) is 5.75 Å². The fourth-order valence-electron chi connectivity index (χ4n) is 1.73. The van der Waals surface area contributed by atoms with Crippen LogP contribution in [0.2, 0.25) is 0 Å². The number of hydrogen-bond donors (Lipinski definition) is 1. The number of benzene rings is 1. The van der Waals surface area contributed by atoms with E-state index in [1.165, 1.54) is 5.56 Å². The third-order valence-corrected chi connectivity index (χ3v) is 2.55. The minimum atomic E-state index is 0.174. The first-order valence-electron chi connectivity index (χ1n) is 4.68. The second-order valence-electron chi connectivity index (χ2n) is 3.52. The Morgan fingerprint density at radius 2 is 2.38 bits per heavy atom. The maximum absolute atomic E-state index is 9.06. The van der Waals surface area contributed by atoms with Crippen LogP contribution in [0.1, 0.15) is 24.0 Å². The van der Waals surface area contributed by atoms with E-state index in [-0.39, 0.29) is 12.5 Å². The van der Waals surface area contributed by atoms with Crippen molar-refractivity contribution in [3.05, 3.63) is 29.3 Å². The highest BCUT2D eigenvalue weighted by atomic mass is 16.5. The highest BCUT2D eigenvalue weighted by Gasteiger charge is 2.18. The number of ether oxygens (including phenoxy) is 1. The van der Waals surface area contributed by atoms with Gasteiger partial charge in [0.1, 0.15) is 5.75 Å². The molecule has 1 aliphatic heterocycles. The topological polar surface area (TPSA) is 29.5 Å². The first-order chi connectivity index (χ1) is 6.33. The van der Waals surface area contributed by atoms with Crippen LogP contribution in [0.4, 0.5) is 0 Å². The lowest BCUT2D eigenvalue weighted by Gasteiger charge is -2.12. The first kappa shape index (κ1) is 8.57. The van der Waals surface area contributed by atoms with Crippen LogP contribution in [0.3, 0.4) is 0 Å². The van der Waals surface area contributed by atoms with E-state index in [9.17, 15) is 0 Å². The summed E-state index contributed by atoms with van der Waals surface area (Å²) in [6.45, 7) is 2.97. The van der Waals surface area contributed by atoms with Crippen LogP contribution in [0.5, 0.6) is 5.75 Å². The van der Waals surface area contributed by atoms with Crippen LogP contribution >= 0.6 is 0 Å². The van der Waals surface area contributed by atoms with Crippen LogP contribution in [-0.2, 0) is 6.42 Å². The van der Waals surface area contributed by atoms with E-state index in [1.807, 2.05) is 19.1 Å². The lowest BCUT2D eigenvalue weighted by Crippen LogP contribution is -2.01. The predicted octanol–water partition coefficient (Wildman–Crippen LogP) is 1.72. The normalized spacial score (nSPS) is 16.5. The van der Waals surface area contributed by atoms with Gasteiger partial charge in [-0.15, -0.1) is 0 Å². The van der Waals surface area contributed by atoms with Crippen molar-refractivity contribution in [2.45, 2.75) is 19.3 Å². The summed E-state index contributed by atoms with van der Waals surface area (Å²) in [4.78, 5) is 0. The fraction of sp³-hybridized carbons (Fsp3) is 0.455. The predicted molar refractivity (Wildman–Crippen MR) is 51.1 cm³/mol. The molecule has 0 fully saturated rings. The van der Waals surface area contributed by atoms with E-state index in [4.69, 9.17) is 9.84 Å². The largest absolute Gasteiger partial charge is 0.493 e. The van der Waals surface area contributed by atoms with Crippen LogP contribution in [0.15, 0.2) is 18.2 Å². The highest BCUT2D eigenvalue weighted by Crippen LogP contribution is 2.33. The second kappa shape index (κ2) is 3.38. The van der Waals surface area contributed by atoms with E-state index in [2.05, 4.69) is 6.07 Å². The molecule has 0 aromatic heterocycles. The molecule has 1 aliphatic rings. The number of aliphatic hydroxyl groups is 1. The molecule has 0 saturated carbocycles. The molecule has 0 radical (unpaired) electrons. The Bertz CT molecular complexity index is 307. The van der Waals surface area contributed by atoms with Gasteiger partial charge in [-0.25, -0.2) is 0 Å². The molecule has 13 heavy (non-hydrogen) atoms. The van der Waals surface area contributed by atoms with Crippen molar-refractivity contribution in [1.82, 2.24) is 0 Å². The van der Waals surface area contributed by atoms with Crippen molar-refractivity contribution in [1.29, 1.82) is 0 Å². The minimum Gasteiger partial charge on any atom is -0.493 e. The molecule has 1 unspecified atom stereocenters. The summed E-state index contributed by atoms with van der Waals surface area (Å²) < 4.78 is 5.54. The number of hydrogen-bond acceptors (Lipinski definition) is 2. The SMILES string of the molecule is CC(CO)c1cccc2c1OCC2. The van der Waals surface area contributed by atoms with Gasteiger partial charge in [0.25, 0.3) is 0 Å². The van der Waals surface area contributed by atoms with Crippen LogP contribution in [0.25, 0.3) is 0 Å². The maximum Gasteiger partial charge on any atom is 0.126 e. The zero-order valence-corrected chi connectivity index (χ0v) is 7.79. The third-order valence-electron chi connectivity index (χ3n) is 2.55. The quantitative estimate of drug-likeness (QED) is 0.747. The number of para-hydroxylation sites is 1. The van der Waals surface area contributed by atoms with Gasteiger partial charge < -0.3 is 9.84 Å². The van der Waals surface area contributed by atoms with Crippen molar-refractivity contribution >= 4 is 0 Å². The van der Waals surface area contributed by atoms with Crippen LogP contribution in [0, 0.1) is 0 Å². The Morgan fingerprint density at radius 1 is 1.54 bits per heavy atom. The molecule has 1 aromatic carbocycles. The molecule has 2 nitrogen and oxygen atoms in total. The molecule has 2 heteroatoms. The summed E-state index contributed by atoms with van der Waals surface area (Å²) in [7, 11) is 0. The summed E-state index contributed by atoms with van der Waals surface area (Å²) >= 11 is 0. The number of aliphatic hydroxyl groups excluding tert-OH is 1. The standard InChI is InChI=1S/C11H14O2/c1-8(7-12)10-4-2-3-9-5-6-13-11(9)10/h2-4,8,12H,5-7H2,1H3. The van der Waals surface area contributed by atoms with E-state index >= 15 is 0 Å². The Balaban J connectivity index is 2.41. The van der Waals surface area contributed by atoms with Crippen molar-refractivity contribution < 1.29 is 9.84 Å². The lowest BCUT2D eigenvalue weighted by atomic mass is 9.98. The average molecular weight is 178 g/mol. The molecule has 0 aliphatic carbocycles. The lowest BCUT2D eigenvalue weighted by molar-refractivity contribution is 0.268. The number of rotatable bonds is 2. The van der Waals surface area contributed by atoms with Gasteiger partial charge in [-0.2, -0.15) is 0 Å². The van der Waals surface area contributed by atoms with Gasteiger partial charge in [0.05, 0.1) is 6.61 Å². The van der Waals surface area contributed by atoms with E-state index in [1.54, 1.807) is 0 Å². The maximum atomic E-state index is 9.06. The molecule has 0 spiro atoms. The monoisotopic (exact) mass is 178 g/mol. The molecule has 1 atom stereocenters. The van der Waals surface area contributed by atoms with Gasteiger partial charge in [-0.05, 0) is 11.1 Å². The molecule has 1 aromatic rings. The third kappa shape index (κ3) is 1.42. The van der Waals surface area contributed by atoms with E-state index in [0.717, 1.165) is 24.3 Å². The smallest absolute Gasteiger partial charge is 0.126 e. The fourth-order valence-corrected chi connectivity index (χ4v) is 1.73. The average Bonchev–Trinajstić information content (AvgIpc) is 2.63. The van der Waals surface area contributed by atoms with E-state index in [0.29, 0.717) is 0 Å². The first-order valence-corrected chi connectivity index (χ1v) is 4.68. The summed E-state index contributed by atoms with van der Waals surface area (Å²) in [6, 6.07) is 6.16. The molecule has 70 valence electrons. The van der Waals surface area contributed by atoms with Crippen molar-refractivity contribution in [2.75, 3.05) is 13.2 Å². The zero-order chi connectivity index (χ0) is 9.26. The molecule has 2 rings (SSSR count). The van der Waals surface area contributed by atoms with Crippen molar-refractivity contribution in [3.63, 3.8) is 0 Å². The Kier molecular flexibility index (Phi) is 2.23. The summed E-state index contributed by atoms with van der Waals surface area (Å²) in [5.74, 6) is 1.18. The summed E-state index contributed by atoms with van der Waals surface area (Å²) in [5.41, 5.74) is 2.41. The Labute approximate surface area is 78.2 Å².